The number of carbonyl (C=O) groups excluding carboxylic acids is 1. The normalized spacial score (nSPS) is 16.9. The first kappa shape index (κ1) is 15.0. The van der Waals surface area contributed by atoms with Gasteiger partial charge in [0.25, 0.3) is 0 Å². The maximum atomic E-state index is 12.1. The summed E-state index contributed by atoms with van der Waals surface area (Å²) in [4.78, 5) is 12.1. The van der Waals surface area contributed by atoms with Gasteiger partial charge in [0.2, 0.25) is 5.91 Å². The molecule has 1 aliphatic heterocycles. The van der Waals surface area contributed by atoms with Crippen LogP contribution in [0.2, 0.25) is 0 Å². The summed E-state index contributed by atoms with van der Waals surface area (Å²) in [6, 6.07) is 10.1. The van der Waals surface area contributed by atoms with Gasteiger partial charge in [0, 0.05) is 16.4 Å². The Labute approximate surface area is 127 Å². The van der Waals surface area contributed by atoms with Crippen molar-refractivity contribution in [2.24, 2.45) is 5.41 Å². The van der Waals surface area contributed by atoms with Crippen LogP contribution in [-0.2, 0) is 14.9 Å². The monoisotopic (exact) mass is 336 g/mol. The van der Waals surface area contributed by atoms with Gasteiger partial charge in [-0.2, -0.15) is 5.26 Å². The zero-order chi connectivity index (χ0) is 14.8. The second-order valence-corrected chi connectivity index (χ2v) is 6.68. The number of rotatable bonds is 4. The largest absolute Gasteiger partial charge is 0.377 e. The number of nitrogens with one attached hydrogen (secondary N) is 1. The van der Waals surface area contributed by atoms with E-state index >= 15 is 0 Å². The summed E-state index contributed by atoms with van der Waals surface area (Å²) in [5, 5.41) is 12.0. The summed E-state index contributed by atoms with van der Waals surface area (Å²) in [5.74, 6) is -0.239. The summed E-state index contributed by atoms with van der Waals surface area (Å²) < 4.78 is 6.02. The molecule has 5 heteroatoms. The Hall–Kier alpha value is -1.38. The number of halogens is 1. The molecule has 1 N–H and O–H groups in total. The van der Waals surface area contributed by atoms with Crippen molar-refractivity contribution in [1.29, 1.82) is 5.26 Å². The molecule has 0 unspecified atom stereocenters. The Morgan fingerprint density at radius 2 is 2.05 bits per heavy atom. The van der Waals surface area contributed by atoms with Crippen molar-refractivity contribution < 1.29 is 9.53 Å². The van der Waals surface area contributed by atoms with Crippen LogP contribution >= 0.6 is 15.9 Å². The van der Waals surface area contributed by atoms with E-state index in [-0.39, 0.29) is 24.5 Å². The van der Waals surface area contributed by atoms with Crippen LogP contribution in [0.1, 0.15) is 19.4 Å². The van der Waals surface area contributed by atoms with Crippen LogP contribution in [0.5, 0.6) is 0 Å². The molecular formula is C15H17BrN2O2. The zero-order valence-corrected chi connectivity index (χ0v) is 13.2. The number of benzene rings is 1. The maximum absolute atomic E-state index is 12.1. The summed E-state index contributed by atoms with van der Waals surface area (Å²) in [7, 11) is 0. The Bertz CT molecular complexity index is 542. The van der Waals surface area contributed by atoms with Gasteiger partial charge in [-0.15, -0.1) is 0 Å². The Morgan fingerprint density at radius 3 is 2.50 bits per heavy atom. The number of hydrogen-bond donors (Lipinski definition) is 1. The molecule has 4 nitrogen and oxygen atoms in total. The van der Waals surface area contributed by atoms with Crippen LogP contribution in [0.3, 0.4) is 0 Å². The molecule has 20 heavy (non-hydrogen) atoms. The molecule has 1 fully saturated rings. The van der Waals surface area contributed by atoms with Crippen LogP contribution < -0.4 is 5.32 Å². The van der Waals surface area contributed by atoms with Gasteiger partial charge in [-0.1, -0.05) is 41.9 Å². The van der Waals surface area contributed by atoms with Crippen molar-refractivity contribution in [1.82, 2.24) is 5.32 Å². The van der Waals surface area contributed by atoms with E-state index in [1.165, 1.54) is 0 Å². The number of nitriles is 1. The first-order valence-electron chi connectivity index (χ1n) is 6.43. The minimum atomic E-state index is -0.990. The van der Waals surface area contributed by atoms with Gasteiger partial charge in [0.05, 0.1) is 19.3 Å². The van der Waals surface area contributed by atoms with Gasteiger partial charge in [0.1, 0.15) is 0 Å². The Balaban J connectivity index is 2.01. The van der Waals surface area contributed by atoms with Crippen molar-refractivity contribution >= 4 is 21.8 Å². The van der Waals surface area contributed by atoms with Crippen molar-refractivity contribution in [2.45, 2.75) is 19.3 Å². The number of carbonyl (C=O) groups is 1. The molecule has 1 amide bonds. The highest BCUT2D eigenvalue weighted by molar-refractivity contribution is 9.10. The average molecular weight is 337 g/mol. The standard InChI is InChI=1S/C15H17BrN2O2/c1-14(2,11-3-5-12(16)6-4-11)8-18-13(19)15(7-17)9-20-10-15/h3-6H,8-10H2,1-2H3,(H,18,19). The summed E-state index contributed by atoms with van der Waals surface area (Å²) in [5.41, 5.74) is -0.0511. The predicted octanol–water partition coefficient (Wildman–Crippen LogP) is 2.38. The highest BCUT2D eigenvalue weighted by Gasteiger charge is 2.46. The summed E-state index contributed by atoms with van der Waals surface area (Å²) >= 11 is 3.41. The fourth-order valence-electron chi connectivity index (χ4n) is 2.03. The van der Waals surface area contributed by atoms with Crippen molar-refractivity contribution in [2.75, 3.05) is 19.8 Å². The molecule has 1 heterocycles. The molecule has 0 bridgehead atoms. The van der Waals surface area contributed by atoms with E-state index in [1.54, 1.807) is 0 Å². The zero-order valence-electron chi connectivity index (χ0n) is 11.6. The van der Waals surface area contributed by atoms with Crippen molar-refractivity contribution in [3.63, 3.8) is 0 Å². The van der Waals surface area contributed by atoms with E-state index in [2.05, 4.69) is 41.2 Å². The van der Waals surface area contributed by atoms with E-state index < -0.39 is 5.41 Å². The van der Waals surface area contributed by atoms with Crippen LogP contribution in [0.25, 0.3) is 0 Å². The predicted molar refractivity (Wildman–Crippen MR) is 79.0 cm³/mol. The first-order chi connectivity index (χ1) is 9.39. The molecule has 0 aliphatic carbocycles. The molecule has 0 atom stereocenters. The molecule has 1 aromatic carbocycles. The number of hydrogen-bond acceptors (Lipinski definition) is 3. The number of amides is 1. The van der Waals surface area contributed by atoms with Gasteiger partial charge < -0.3 is 10.1 Å². The van der Waals surface area contributed by atoms with Gasteiger partial charge >= 0.3 is 0 Å². The second kappa shape index (κ2) is 5.55. The van der Waals surface area contributed by atoms with E-state index in [4.69, 9.17) is 10.00 Å². The van der Waals surface area contributed by atoms with Crippen molar-refractivity contribution in [3.8, 4) is 6.07 Å². The van der Waals surface area contributed by atoms with Crippen LogP contribution in [-0.4, -0.2) is 25.7 Å². The molecule has 0 aromatic heterocycles. The lowest BCUT2D eigenvalue weighted by Gasteiger charge is -2.35. The minimum absolute atomic E-state index is 0.189. The molecule has 106 valence electrons. The SMILES string of the molecule is CC(C)(CNC(=O)C1(C#N)COC1)c1ccc(Br)cc1. The fraction of sp³-hybridized carbons (Fsp3) is 0.467. The first-order valence-corrected chi connectivity index (χ1v) is 7.22. The van der Waals surface area contributed by atoms with Crippen LogP contribution in [0, 0.1) is 16.7 Å². The third-order valence-corrected chi connectivity index (χ3v) is 4.19. The van der Waals surface area contributed by atoms with Gasteiger partial charge in [-0.3, -0.25) is 4.79 Å². The van der Waals surface area contributed by atoms with E-state index in [1.807, 2.05) is 24.3 Å². The lowest BCUT2D eigenvalue weighted by atomic mass is 9.83. The summed E-state index contributed by atoms with van der Waals surface area (Å²) in [6.45, 7) is 4.98. The lowest BCUT2D eigenvalue weighted by Crippen LogP contribution is -2.54. The molecule has 0 radical (unpaired) electrons. The van der Waals surface area contributed by atoms with Crippen molar-refractivity contribution in [3.05, 3.63) is 34.3 Å². The molecule has 0 saturated carbocycles. The molecule has 1 saturated heterocycles. The van der Waals surface area contributed by atoms with Gasteiger partial charge in [0.15, 0.2) is 5.41 Å². The lowest BCUT2D eigenvalue weighted by molar-refractivity contribution is -0.150. The molecule has 0 spiro atoms. The van der Waals surface area contributed by atoms with Gasteiger partial charge in [-0.05, 0) is 17.7 Å². The third-order valence-electron chi connectivity index (χ3n) is 3.66. The Morgan fingerprint density at radius 1 is 1.45 bits per heavy atom. The quantitative estimate of drug-likeness (QED) is 0.918. The second-order valence-electron chi connectivity index (χ2n) is 5.76. The average Bonchev–Trinajstić information content (AvgIpc) is 2.36. The third kappa shape index (κ3) is 2.87. The van der Waals surface area contributed by atoms with Crippen LogP contribution in [0.15, 0.2) is 28.7 Å². The molecule has 1 aliphatic rings. The van der Waals surface area contributed by atoms with E-state index in [0.717, 1.165) is 10.0 Å². The van der Waals surface area contributed by atoms with Crippen LogP contribution in [0.4, 0.5) is 0 Å². The fourth-order valence-corrected chi connectivity index (χ4v) is 2.29. The van der Waals surface area contributed by atoms with E-state index in [0.29, 0.717) is 6.54 Å². The maximum Gasteiger partial charge on any atom is 0.245 e. The number of nitrogens with zero attached hydrogens (tertiary/aromatic N) is 1. The smallest absolute Gasteiger partial charge is 0.245 e. The highest BCUT2D eigenvalue weighted by atomic mass is 79.9. The summed E-state index contributed by atoms with van der Waals surface area (Å²) in [6.07, 6.45) is 0. The van der Waals surface area contributed by atoms with Gasteiger partial charge in [-0.25, -0.2) is 0 Å². The molecule has 1 aromatic rings. The topological polar surface area (TPSA) is 62.1 Å². The van der Waals surface area contributed by atoms with E-state index in [9.17, 15) is 4.79 Å². The molecule has 2 rings (SSSR count). The molecular weight excluding hydrogens is 320 g/mol. The number of ether oxygens (including phenoxy) is 1. The highest BCUT2D eigenvalue weighted by Crippen LogP contribution is 2.28. The minimum Gasteiger partial charge on any atom is -0.377 e. The Kier molecular flexibility index (Phi) is 4.17.